The Balaban J connectivity index is 2.05. The molecule has 3 rings (SSSR count). The van der Waals surface area contributed by atoms with E-state index in [-0.39, 0.29) is 0 Å². The molecule has 0 spiro atoms. The Bertz CT molecular complexity index is 682. The minimum absolute atomic E-state index is 0.404. The number of fused-ring (bicyclic) bond motifs is 3. The van der Waals surface area contributed by atoms with Gasteiger partial charge in [-0.2, -0.15) is 5.06 Å². The van der Waals surface area contributed by atoms with E-state index < -0.39 is 5.91 Å². The van der Waals surface area contributed by atoms with Crippen LogP contribution in [0, 0.1) is 0 Å². The lowest BCUT2D eigenvalue weighted by Crippen LogP contribution is -2.23. The molecular formula is C15H12ClNO2. The van der Waals surface area contributed by atoms with Gasteiger partial charge in [0.2, 0.25) is 5.91 Å². The average Bonchev–Trinajstić information content (AvgIpc) is 2.73. The number of halogens is 1. The molecule has 1 aliphatic rings. The summed E-state index contributed by atoms with van der Waals surface area (Å²) in [6, 6.07) is 11.3. The Kier molecular flexibility index (Phi) is 2.81. The summed E-state index contributed by atoms with van der Waals surface area (Å²) >= 11 is 6.00. The van der Waals surface area contributed by atoms with Crippen LogP contribution in [0.4, 0.5) is 5.69 Å². The molecule has 3 nitrogen and oxygen atoms in total. The summed E-state index contributed by atoms with van der Waals surface area (Å²) in [7, 11) is 0. The summed E-state index contributed by atoms with van der Waals surface area (Å²) < 4.78 is 0. The number of benzene rings is 2. The number of carbonyl (C=O) groups is 1. The van der Waals surface area contributed by atoms with Crippen molar-refractivity contribution in [1.29, 1.82) is 0 Å². The third kappa shape index (κ3) is 2.01. The number of rotatable bonds is 1. The first-order valence-electron chi connectivity index (χ1n) is 5.97. The van der Waals surface area contributed by atoms with Crippen molar-refractivity contribution in [3.05, 3.63) is 52.5 Å². The molecular weight excluding hydrogens is 262 g/mol. The molecule has 0 aromatic heterocycles. The summed E-state index contributed by atoms with van der Waals surface area (Å²) in [5.41, 5.74) is 5.05. The Morgan fingerprint density at radius 3 is 2.47 bits per heavy atom. The van der Waals surface area contributed by atoms with E-state index in [1.165, 1.54) is 18.1 Å². The van der Waals surface area contributed by atoms with E-state index in [2.05, 4.69) is 0 Å². The first-order chi connectivity index (χ1) is 9.06. The van der Waals surface area contributed by atoms with Crippen LogP contribution >= 0.6 is 11.6 Å². The van der Waals surface area contributed by atoms with E-state index >= 15 is 0 Å². The maximum Gasteiger partial charge on any atom is 0.247 e. The van der Waals surface area contributed by atoms with Crippen LogP contribution < -0.4 is 5.06 Å². The number of carbonyl (C=O) groups excluding carboxylic acids is 1. The van der Waals surface area contributed by atoms with E-state index in [9.17, 15) is 10.0 Å². The zero-order chi connectivity index (χ0) is 13.6. The third-order valence-electron chi connectivity index (χ3n) is 3.37. The number of amides is 1. The van der Waals surface area contributed by atoms with E-state index in [4.69, 9.17) is 11.6 Å². The molecule has 0 fully saturated rings. The number of hydrogen-bond donors (Lipinski definition) is 1. The molecule has 2 aromatic carbocycles. The lowest BCUT2D eigenvalue weighted by atomic mass is 10.1. The topological polar surface area (TPSA) is 40.5 Å². The molecule has 0 saturated heterocycles. The molecule has 1 amide bonds. The van der Waals surface area contributed by atoms with Crippen LogP contribution in [0.1, 0.15) is 18.1 Å². The fourth-order valence-electron chi connectivity index (χ4n) is 2.48. The van der Waals surface area contributed by atoms with Crippen molar-refractivity contribution in [2.75, 3.05) is 5.06 Å². The van der Waals surface area contributed by atoms with E-state index in [1.54, 1.807) is 6.07 Å². The second kappa shape index (κ2) is 4.37. The summed E-state index contributed by atoms with van der Waals surface area (Å²) in [6.07, 6.45) is 0.769. The van der Waals surface area contributed by atoms with Gasteiger partial charge in [-0.05, 0) is 52.9 Å². The minimum atomic E-state index is -0.404. The lowest BCUT2D eigenvalue weighted by Gasteiger charge is -2.13. The van der Waals surface area contributed by atoms with Crippen LogP contribution in [-0.4, -0.2) is 11.1 Å². The molecule has 2 aromatic rings. The van der Waals surface area contributed by atoms with Crippen molar-refractivity contribution in [3.63, 3.8) is 0 Å². The molecule has 0 radical (unpaired) electrons. The number of hydroxylamine groups is 1. The van der Waals surface area contributed by atoms with Crippen LogP contribution in [0.25, 0.3) is 11.1 Å². The Labute approximate surface area is 116 Å². The van der Waals surface area contributed by atoms with Crippen LogP contribution in [0.5, 0.6) is 0 Å². The molecule has 0 unspecified atom stereocenters. The largest absolute Gasteiger partial charge is 0.281 e. The maximum absolute atomic E-state index is 11.2. The number of anilines is 1. The molecule has 0 aliphatic heterocycles. The summed E-state index contributed by atoms with van der Waals surface area (Å²) in [6.45, 7) is 1.32. The first kappa shape index (κ1) is 12.2. The normalized spacial score (nSPS) is 11.9. The Morgan fingerprint density at radius 1 is 1.16 bits per heavy atom. The molecule has 0 saturated carbocycles. The quantitative estimate of drug-likeness (QED) is 0.543. The van der Waals surface area contributed by atoms with Gasteiger partial charge in [0.15, 0.2) is 0 Å². The average molecular weight is 274 g/mol. The van der Waals surface area contributed by atoms with Gasteiger partial charge in [-0.15, -0.1) is 0 Å². The summed E-state index contributed by atoms with van der Waals surface area (Å²) in [5, 5.41) is 11.0. The second-order valence-electron chi connectivity index (χ2n) is 4.65. The van der Waals surface area contributed by atoms with Crippen molar-refractivity contribution in [3.8, 4) is 11.1 Å². The SMILES string of the molecule is CC(=O)N(O)c1ccc2c(c1)Cc1cc(Cl)ccc1-2. The number of hydrogen-bond acceptors (Lipinski definition) is 2. The van der Waals surface area contributed by atoms with Crippen molar-refractivity contribution in [1.82, 2.24) is 0 Å². The van der Waals surface area contributed by atoms with Crippen molar-refractivity contribution >= 4 is 23.2 Å². The predicted molar refractivity (Wildman–Crippen MR) is 74.6 cm³/mol. The van der Waals surface area contributed by atoms with E-state index in [0.717, 1.165) is 22.6 Å². The van der Waals surface area contributed by atoms with Gasteiger partial charge in [-0.1, -0.05) is 23.7 Å². The first-order valence-corrected chi connectivity index (χ1v) is 6.35. The van der Waals surface area contributed by atoms with Gasteiger partial charge in [0.05, 0.1) is 5.69 Å². The monoisotopic (exact) mass is 273 g/mol. The Morgan fingerprint density at radius 2 is 1.79 bits per heavy atom. The summed E-state index contributed by atoms with van der Waals surface area (Å²) in [5.74, 6) is -0.404. The lowest BCUT2D eigenvalue weighted by molar-refractivity contribution is -0.121. The fourth-order valence-corrected chi connectivity index (χ4v) is 2.67. The zero-order valence-electron chi connectivity index (χ0n) is 10.4. The summed E-state index contributed by atoms with van der Waals surface area (Å²) in [4.78, 5) is 11.2. The predicted octanol–water partition coefficient (Wildman–Crippen LogP) is 3.65. The maximum atomic E-state index is 11.2. The highest BCUT2D eigenvalue weighted by Crippen LogP contribution is 2.39. The van der Waals surface area contributed by atoms with Crippen molar-refractivity contribution in [2.24, 2.45) is 0 Å². The van der Waals surface area contributed by atoms with Crippen molar-refractivity contribution in [2.45, 2.75) is 13.3 Å². The molecule has 19 heavy (non-hydrogen) atoms. The van der Waals surface area contributed by atoms with E-state index in [1.807, 2.05) is 30.3 Å². The van der Waals surface area contributed by atoms with E-state index in [0.29, 0.717) is 10.8 Å². The molecule has 0 heterocycles. The fraction of sp³-hybridized carbons (Fsp3) is 0.133. The standard InChI is InChI=1S/C15H12ClNO2/c1-9(18)17(19)13-3-5-15-11(8-13)6-10-7-12(16)2-4-14(10)15/h2-5,7-8,19H,6H2,1H3. The van der Waals surface area contributed by atoms with Crippen LogP contribution in [0.15, 0.2) is 36.4 Å². The third-order valence-corrected chi connectivity index (χ3v) is 3.61. The number of nitrogens with zero attached hydrogens (tertiary/aromatic N) is 1. The van der Waals surface area contributed by atoms with Crippen LogP contribution in [0.3, 0.4) is 0 Å². The highest BCUT2D eigenvalue weighted by atomic mass is 35.5. The molecule has 1 aliphatic carbocycles. The van der Waals surface area contributed by atoms with Crippen LogP contribution in [0.2, 0.25) is 5.02 Å². The smallest absolute Gasteiger partial charge is 0.247 e. The molecule has 0 bridgehead atoms. The van der Waals surface area contributed by atoms with Gasteiger partial charge in [0, 0.05) is 11.9 Å². The van der Waals surface area contributed by atoms with Gasteiger partial charge >= 0.3 is 0 Å². The van der Waals surface area contributed by atoms with Gasteiger partial charge in [0.25, 0.3) is 0 Å². The molecule has 1 N–H and O–H groups in total. The van der Waals surface area contributed by atoms with Gasteiger partial charge < -0.3 is 0 Å². The van der Waals surface area contributed by atoms with Gasteiger partial charge in [-0.25, -0.2) is 0 Å². The highest BCUT2D eigenvalue weighted by Gasteiger charge is 2.20. The van der Waals surface area contributed by atoms with Crippen molar-refractivity contribution < 1.29 is 10.0 Å². The molecule has 0 atom stereocenters. The molecule has 96 valence electrons. The molecule has 4 heteroatoms. The minimum Gasteiger partial charge on any atom is -0.281 e. The Hall–Kier alpha value is -1.84. The highest BCUT2D eigenvalue weighted by molar-refractivity contribution is 6.30. The van der Waals surface area contributed by atoms with Gasteiger partial charge in [-0.3, -0.25) is 10.0 Å². The second-order valence-corrected chi connectivity index (χ2v) is 5.09. The zero-order valence-corrected chi connectivity index (χ0v) is 11.1. The van der Waals surface area contributed by atoms with Crippen LogP contribution in [-0.2, 0) is 11.2 Å². The van der Waals surface area contributed by atoms with Gasteiger partial charge in [0.1, 0.15) is 0 Å².